The van der Waals surface area contributed by atoms with E-state index in [1.165, 1.54) is 32.1 Å². The lowest BCUT2D eigenvalue weighted by molar-refractivity contribution is -0.145. The van der Waals surface area contributed by atoms with Crippen LogP contribution in [0.3, 0.4) is 0 Å². The maximum absolute atomic E-state index is 12.8. The summed E-state index contributed by atoms with van der Waals surface area (Å²) in [7, 11) is 2.08. The molecule has 21 heavy (non-hydrogen) atoms. The SMILES string of the molecule is CN(C(=O)C1CCC(N)C1)C1C2CC3CC(C2)CC1C3.Cl. The third kappa shape index (κ3) is 2.61. The van der Waals surface area contributed by atoms with Gasteiger partial charge in [-0.2, -0.15) is 0 Å². The molecule has 0 aromatic rings. The minimum Gasteiger partial charge on any atom is -0.342 e. The minimum atomic E-state index is 0. The third-order valence-corrected chi connectivity index (χ3v) is 6.79. The summed E-state index contributed by atoms with van der Waals surface area (Å²) < 4.78 is 0. The lowest BCUT2D eigenvalue weighted by Gasteiger charge is -2.56. The zero-order chi connectivity index (χ0) is 13.9. The van der Waals surface area contributed by atoms with Gasteiger partial charge >= 0.3 is 0 Å². The number of carbonyl (C=O) groups is 1. The molecule has 0 aliphatic heterocycles. The van der Waals surface area contributed by atoms with Crippen molar-refractivity contribution in [2.45, 2.75) is 63.5 Å². The van der Waals surface area contributed by atoms with Gasteiger partial charge in [0, 0.05) is 25.0 Å². The zero-order valence-corrected chi connectivity index (χ0v) is 13.9. The van der Waals surface area contributed by atoms with Crippen LogP contribution in [0.1, 0.15) is 51.4 Å². The maximum atomic E-state index is 12.8. The van der Waals surface area contributed by atoms with Crippen LogP contribution in [-0.2, 0) is 4.79 Å². The van der Waals surface area contributed by atoms with Gasteiger partial charge in [0.25, 0.3) is 0 Å². The molecule has 5 aliphatic rings. The Hall–Kier alpha value is -0.280. The average Bonchev–Trinajstić information content (AvgIpc) is 2.83. The Morgan fingerprint density at radius 3 is 2.00 bits per heavy atom. The number of halogens is 1. The van der Waals surface area contributed by atoms with Crippen molar-refractivity contribution in [2.75, 3.05) is 7.05 Å². The Labute approximate surface area is 134 Å². The largest absolute Gasteiger partial charge is 0.342 e. The molecule has 0 aromatic heterocycles. The Morgan fingerprint density at radius 1 is 0.952 bits per heavy atom. The molecule has 5 saturated carbocycles. The van der Waals surface area contributed by atoms with E-state index >= 15 is 0 Å². The molecule has 2 atom stereocenters. The van der Waals surface area contributed by atoms with Gasteiger partial charge < -0.3 is 10.6 Å². The summed E-state index contributed by atoms with van der Waals surface area (Å²) in [5.74, 6) is 4.18. The second-order valence-corrected chi connectivity index (χ2v) is 8.14. The van der Waals surface area contributed by atoms with E-state index < -0.39 is 0 Å². The van der Waals surface area contributed by atoms with Crippen molar-refractivity contribution >= 4 is 18.3 Å². The third-order valence-electron chi connectivity index (χ3n) is 6.79. The summed E-state index contributed by atoms with van der Waals surface area (Å²) in [4.78, 5) is 14.9. The van der Waals surface area contributed by atoms with E-state index in [1.807, 2.05) is 0 Å². The van der Waals surface area contributed by atoms with Gasteiger partial charge in [0.15, 0.2) is 0 Å². The number of hydrogen-bond acceptors (Lipinski definition) is 2. The molecule has 0 heterocycles. The fraction of sp³-hybridized carbons (Fsp3) is 0.941. The lowest BCUT2D eigenvalue weighted by atomic mass is 9.54. The monoisotopic (exact) mass is 312 g/mol. The molecule has 0 spiro atoms. The highest BCUT2D eigenvalue weighted by atomic mass is 35.5. The minimum absolute atomic E-state index is 0. The second-order valence-electron chi connectivity index (χ2n) is 8.14. The van der Waals surface area contributed by atoms with Crippen LogP contribution in [0.4, 0.5) is 0 Å². The Morgan fingerprint density at radius 2 is 1.52 bits per heavy atom. The number of rotatable bonds is 2. The summed E-state index contributed by atoms with van der Waals surface area (Å²) >= 11 is 0. The summed E-state index contributed by atoms with van der Waals surface area (Å²) in [5.41, 5.74) is 5.99. The van der Waals surface area contributed by atoms with E-state index in [-0.39, 0.29) is 24.4 Å². The molecule has 4 bridgehead atoms. The summed E-state index contributed by atoms with van der Waals surface area (Å²) in [6, 6.07) is 0.808. The number of amides is 1. The first-order chi connectivity index (χ1) is 9.61. The molecular formula is C17H29ClN2O. The molecule has 1 amide bonds. The fourth-order valence-corrected chi connectivity index (χ4v) is 6.20. The smallest absolute Gasteiger partial charge is 0.225 e. The predicted molar refractivity (Wildman–Crippen MR) is 86.2 cm³/mol. The van der Waals surface area contributed by atoms with Gasteiger partial charge in [-0.05, 0) is 75.0 Å². The predicted octanol–water partition coefficient (Wildman–Crippen LogP) is 2.82. The van der Waals surface area contributed by atoms with Gasteiger partial charge in [0.2, 0.25) is 5.91 Å². The molecule has 0 radical (unpaired) electrons. The first-order valence-electron chi connectivity index (χ1n) is 8.64. The van der Waals surface area contributed by atoms with Crippen molar-refractivity contribution < 1.29 is 4.79 Å². The fourth-order valence-electron chi connectivity index (χ4n) is 6.20. The van der Waals surface area contributed by atoms with Crippen LogP contribution in [0.5, 0.6) is 0 Å². The average molecular weight is 313 g/mol. The standard InChI is InChI=1S/C17H28N2O.ClH/c1-19(17(20)12-2-3-15(18)9-12)16-13-5-10-4-11(7-13)8-14(16)6-10;/h10-16H,2-9,18H2,1H3;1H. The van der Waals surface area contributed by atoms with Crippen LogP contribution in [0.15, 0.2) is 0 Å². The first kappa shape index (κ1) is 15.6. The van der Waals surface area contributed by atoms with Gasteiger partial charge in [-0.25, -0.2) is 0 Å². The van der Waals surface area contributed by atoms with Gasteiger partial charge in [0.1, 0.15) is 0 Å². The van der Waals surface area contributed by atoms with Crippen LogP contribution in [0.2, 0.25) is 0 Å². The normalized spacial score (nSPS) is 47.2. The van der Waals surface area contributed by atoms with Crippen molar-refractivity contribution in [3.8, 4) is 0 Å². The van der Waals surface area contributed by atoms with Gasteiger partial charge in [0.05, 0.1) is 0 Å². The van der Waals surface area contributed by atoms with E-state index in [2.05, 4.69) is 11.9 Å². The topological polar surface area (TPSA) is 46.3 Å². The van der Waals surface area contributed by atoms with Crippen LogP contribution in [0.25, 0.3) is 0 Å². The molecule has 2 N–H and O–H groups in total. The van der Waals surface area contributed by atoms with E-state index in [4.69, 9.17) is 5.73 Å². The van der Waals surface area contributed by atoms with Crippen molar-refractivity contribution in [3.05, 3.63) is 0 Å². The quantitative estimate of drug-likeness (QED) is 0.852. The molecule has 120 valence electrons. The van der Waals surface area contributed by atoms with Crippen molar-refractivity contribution in [1.82, 2.24) is 4.90 Å². The van der Waals surface area contributed by atoms with Crippen molar-refractivity contribution in [3.63, 3.8) is 0 Å². The second kappa shape index (κ2) is 5.73. The van der Waals surface area contributed by atoms with Gasteiger partial charge in [-0.1, -0.05) is 0 Å². The Balaban J connectivity index is 0.00000132. The Kier molecular flexibility index (Phi) is 4.26. The van der Waals surface area contributed by atoms with E-state index in [0.717, 1.165) is 42.9 Å². The van der Waals surface area contributed by atoms with E-state index in [0.29, 0.717) is 11.9 Å². The maximum Gasteiger partial charge on any atom is 0.225 e. The molecule has 0 saturated heterocycles. The number of nitrogens with zero attached hydrogens (tertiary/aromatic N) is 1. The van der Waals surface area contributed by atoms with Crippen LogP contribution < -0.4 is 5.73 Å². The highest BCUT2D eigenvalue weighted by Crippen LogP contribution is 2.55. The summed E-state index contributed by atoms with van der Waals surface area (Å²) in [5, 5.41) is 0. The van der Waals surface area contributed by atoms with Crippen molar-refractivity contribution in [2.24, 2.45) is 35.3 Å². The van der Waals surface area contributed by atoms with Crippen LogP contribution >= 0.6 is 12.4 Å². The lowest BCUT2D eigenvalue weighted by Crippen LogP contribution is -2.57. The van der Waals surface area contributed by atoms with Crippen molar-refractivity contribution in [1.29, 1.82) is 0 Å². The Bertz CT molecular complexity index is 386. The molecule has 5 rings (SSSR count). The molecule has 5 aliphatic carbocycles. The van der Waals surface area contributed by atoms with Gasteiger partial charge in [-0.15, -0.1) is 12.4 Å². The number of hydrogen-bond donors (Lipinski definition) is 1. The highest BCUT2D eigenvalue weighted by molar-refractivity contribution is 5.85. The molecule has 0 aromatic carbocycles. The molecule has 2 unspecified atom stereocenters. The van der Waals surface area contributed by atoms with Crippen LogP contribution in [0, 0.1) is 29.6 Å². The molecular weight excluding hydrogens is 284 g/mol. The molecule has 3 nitrogen and oxygen atoms in total. The number of nitrogens with two attached hydrogens (primary N) is 1. The number of carbonyl (C=O) groups excluding carboxylic acids is 1. The molecule has 4 heteroatoms. The van der Waals surface area contributed by atoms with Crippen LogP contribution in [-0.4, -0.2) is 29.9 Å². The van der Waals surface area contributed by atoms with E-state index in [1.54, 1.807) is 0 Å². The zero-order valence-electron chi connectivity index (χ0n) is 13.0. The van der Waals surface area contributed by atoms with E-state index in [9.17, 15) is 4.79 Å². The van der Waals surface area contributed by atoms with Gasteiger partial charge in [-0.3, -0.25) is 4.79 Å². The summed E-state index contributed by atoms with van der Waals surface area (Å²) in [6.45, 7) is 0. The highest BCUT2D eigenvalue weighted by Gasteiger charge is 2.50. The summed E-state index contributed by atoms with van der Waals surface area (Å²) in [6.07, 6.45) is 9.99. The molecule has 5 fully saturated rings. The first-order valence-corrected chi connectivity index (χ1v) is 8.64.